The van der Waals surface area contributed by atoms with Crippen molar-refractivity contribution in [1.29, 1.82) is 0 Å². The van der Waals surface area contributed by atoms with Crippen molar-refractivity contribution in [2.45, 2.75) is 51.7 Å². The second kappa shape index (κ2) is 9.80. The Labute approximate surface area is 200 Å². The normalized spacial score (nSPS) is 18.7. The Bertz CT molecular complexity index is 1320. The molecule has 0 radical (unpaired) electrons. The Morgan fingerprint density at radius 3 is 2.68 bits per heavy atom. The molecule has 0 spiro atoms. The summed E-state index contributed by atoms with van der Waals surface area (Å²) in [5.74, 6) is -0.752. The first-order valence-electron chi connectivity index (χ1n) is 10.9. The Kier molecular flexibility index (Phi) is 7.01. The third-order valence-electron chi connectivity index (χ3n) is 5.81. The van der Waals surface area contributed by atoms with E-state index in [-0.39, 0.29) is 22.8 Å². The summed E-state index contributed by atoms with van der Waals surface area (Å²) in [4.78, 5) is 20.7. The van der Waals surface area contributed by atoms with Crippen LogP contribution in [0.2, 0.25) is 0 Å². The SMILES string of the molecule is CCS(=O)(=O)NC1CCC(Oc2cc(F)ccc2Nc2ncnc3sc(C(=O)O)c(C)c23)CC1. The summed E-state index contributed by atoms with van der Waals surface area (Å²) in [7, 11) is -3.27. The molecule has 3 N–H and O–H groups in total. The van der Waals surface area contributed by atoms with Gasteiger partial charge < -0.3 is 15.2 Å². The standard InChI is InChI=1S/C22H25FN4O5S2/c1-3-34(30,31)27-14-5-7-15(8-6-14)32-17-10-13(23)4-9-16(17)26-20-18-12(2)19(22(28)29)33-21(18)25-11-24-20/h4,9-11,14-15,27H,3,5-8H2,1-2H3,(H,28,29)(H,24,25,26). The number of rotatable bonds is 8. The minimum Gasteiger partial charge on any atom is -0.488 e. The molecule has 0 bridgehead atoms. The van der Waals surface area contributed by atoms with Gasteiger partial charge in [0.05, 0.1) is 22.9 Å². The fourth-order valence-corrected chi connectivity index (χ4v) is 5.91. The van der Waals surface area contributed by atoms with Gasteiger partial charge >= 0.3 is 5.97 Å². The minimum absolute atomic E-state index is 0.0373. The average Bonchev–Trinajstić information content (AvgIpc) is 3.14. The van der Waals surface area contributed by atoms with Crippen LogP contribution < -0.4 is 14.8 Å². The highest BCUT2D eigenvalue weighted by Gasteiger charge is 2.26. The summed E-state index contributed by atoms with van der Waals surface area (Å²) in [6.07, 6.45) is 3.64. The molecule has 0 aliphatic heterocycles. The summed E-state index contributed by atoms with van der Waals surface area (Å²) in [6.45, 7) is 3.30. The highest BCUT2D eigenvalue weighted by Crippen LogP contribution is 2.37. The smallest absolute Gasteiger partial charge is 0.346 e. The molecule has 34 heavy (non-hydrogen) atoms. The molecule has 0 unspecified atom stereocenters. The minimum atomic E-state index is -3.27. The van der Waals surface area contributed by atoms with Gasteiger partial charge in [0.15, 0.2) is 0 Å². The van der Waals surface area contributed by atoms with Crippen molar-refractivity contribution in [2.75, 3.05) is 11.1 Å². The zero-order chi connectivity index (χ0) is 24.5. The van der Waals surface area contributed by atoms with Crippen LogP contribution in [0, 0.1) is 12.7 Å². The van der Waals surface area contributed by atoms with Gasteiger partial charge in [0.25, 0.3) is 0 Å². The van der Waals surface area contributed by atoms with Crippen molar-refractivity contribution in [3.8, 4) is 5.75 Å². The van der Waals surface area contributed by atoms with Crippen LogP contribution in [-0.2, 0) is 10.0 Å². The van der Waals surface area contributed by atoms with Gasteiger partial charge in [-0.2, -0.15) is 0 Å². The van der Waals surface area contributed by atoms with Gasteiger partial charge in [-0.25, -0.2) is 32.3 Å². The van der Waals surface area contributed by atoms with Gasteiger partial charge in [0.2, 0.25) is 10.0 Å². The van der Waals surface area contributed by atoms with Crippen molar-refractivity contribution < 1.29 is 27.4 Å². The van der Waals surface area contributed by atoms with Gasteiger partial charge in [-0.3, -0.25) is 0 Å². The van der Waals surface area contributed by atoms with Crippen LogP contribution in [0.4, 0.5) is 15.9 Å². The maximum atomic E-state index is 14.1. The number of benzene rings is 1. The molecule has 9 nitrogen and oxygen atoms in total. The van der Waals surface area contributed by atoms with Crippen LogP contribution in [0.5, 0.6) is 5.75 Å². The maximum absolute atomic E-state index is 14.1. The second-order valence-electron chi connectivity index (χ2n) is 8.14. The Morgan fingerprint density at radius 1 is 1.26 bits per heavy atom. The number of nitrogens with zero attached hydrogens (tertiary/aromatic N) is 2. The molecule has 0 atom stereocenters. The van der Waals surface area contributed by atoms with Crippen molar-refractivity contribution >= 4 is 49.1 Å². The number of hydrogen-bond donors (Lipinski definition) is 3. The summed E-state index contributed by atoms with van der Waals surface area (Å²) in [6, 6.07) is 4.00. The predicted octanol–water partition coefficient (Wildman–Crippen LogP) is 4.21. The molecule has 2 heterocycles. The topological polar surface area (TPSA) is 131 Å². The monoisotopic (exact) mass is 508 g/mol. The number of halogens is 1. The molecule has 12 heteroatoms. The highest BCUT2D eigenvalue weighted by atomic mass is 32.2. The van der Waals surface area contributed by atoms with Gasteiger partial charge in [-0.15, -0.1) is 11.3 Å². The highest BCUT2D eigenvalue weighted by molar-refractivity contribution is 7.89. The molecule has 4 rings (SSSR count). The largest absolute Gasteiger partial charge is 0.488 e. The molecule has 1 fully saturated rings. The van der Waals surface area contributed by atoms with Gasteiger partial charge in [0.1, 0.15) is 33.4 Å². The number of carboxylic acids is 1. The number of carbonyl (C=O) groups is 1. The molecule has 2 aromatic heterocycles. The maximum Gasteiger partial charge on any atom is 0.346 e. The quantitative estimate of drug-likeness (QED) is 0.413. The first kappa shape index (κ1) is 24.3. The van der Waals surface area contributed by atoms with Crippen LogP contribution in [-0.4, -0.2) is 47.4 Å². The predicted molar refractivity (Wildman–Crippen MR) is 128 cm³/mol. The van der Waals surface area contributed by atoms with Gasteiger partial charge in [0, 0.05) is 12.1 Å². The van der Waals surface area contributed by atoms with Crippen molar-refractivity contribution in [2.24, 2.45) is 0 Å². The average molecular weight is 509 g/mol. The lowest BCUT2D eigenvalue weighted by Gasteiger charge is -2.30. The van der Waals surface area contributed by atoms with E-state index in [1.807, 2.05) is 0 Å². The van der Waals surface area contributed by atoms with E-state index in [0.29, 0.717) is 58.7 Å². The number of sulfonamides is 1. The van der Waals surface area contributed by atoms with Crippen LogP contribution in [0.25, 0.3) is 10.2 Å². The summed E-state index contributed by atoms with van der Waals surface area (Å²) >= 11 is 1.07. The van der Waals surface area contributed by atoms with E-state index in [9.17, 15) is 22.7 Å². The van der Waals surface area contributed by atoms with E-state index < -0.39 is 21.8 Å². The molecular formula is C22H25FN4O5S2. The first-order chi connectivity index (χ1) is 16.2. The van der Waals surface area contributed by atoms with Crippen LogP contribution in [0.3, 0.4) is 0 Å². The Hall–Kier alpha value is -2.83. The number of nitrogens with one attached hydrogen (secondary N) is 2. The third-order valence-corrected chi connectivity index (χ3v) is 8.45. The summed E-state index contributed by atoms with van der Waals surface area (Å²) in [5.41, 5.74) is 1.03. The Morgan fingerprint density at radius 2 is 2.00 bits per heavy atom. The molecule has 1 aliphatic rings. The first-order valence-corrected chi connectivity index (χ1v) is 13.3. The summed E-state index contributed by atoms with van der Waals surface area (Å²) < 4.78 is 46.5. The lowest BCUT2D eigenvalue weighted by atomic mass is 9.93. The van der Waals surface area contributed by atoms with E-state index in [1.54, 1.807) is 19.9 Å². The Balaban J connectivity index is 1.54. The van der Waals surface area contributed by atoms with Crippen molar-refractivity contribution in [3.05, 3.63) is 40.8 Å². The van der Waals surface area contributed by atoms with E-state index >= 15 is 0 Å². The van der Waals surface area contributed by atoms with E-state index in [2.05, 4.69) is 20.0 Å². The van der Waals surface area contributed by atoms with Crippen LogP contribution in [0.15, 0.2) is 24.5 Å². The number of anilines is 2. The number of aromatic carboxylic acids is 1. The van der Waals surface area contributed by atoms with Crippen molar-refractivity contribution in [1.82, 2.24) is 14.7 Å². The summed E-state index contributed by atoms with van der Waals surface area (Å²) in [5, 5.41) is 13.2. The van der Waals surface area contributed by atoms with E-state index in [1.165, 1.54) is 18.5 Å². The molecule has 0 saturated heterocycles. The number of hydrogen-bond acceptors (Lipinski definition) is 8. The number of thiophene rings is 1. The van der Waals surface area contributed by atoms with E-state index in [4.69, 9.17) is 4.74 Å². The van der Waals surface area contributed by atoms with E-state index in [0.717, 1.165) is 11.3 Å². The fourth-order valence-electron chi connectivity index (χ4n) is 4.01. The number of aryl methyl sites for hydroxylation is 1. The molecule has 1 saturated carbocycles. The lowest BCUT2D eigenvalue weighted by Crippen LogP contribution is -2.40. The second-order valence-corrected chi connectivity index (χ2v) is 11.2. The number of fused-ring (bicyclic) bond motifs is 1. The molecule has 1 aliphatic carbocycles. The molecule has 3 aromatic rings. The number of ether oxygens (including phenoxy) is 1. The van der Waals surface area contributed by atoms with Gasteiger partial charge in [-0.1, -0.05) is 0 Å². The lowest BCUT2D eigenvalue weighted by molar-refractivity contribution is 0.0701. The molecular weight excluding hydrogens is 483 g/mol. The zero-order valence-corrected chi connectivity index (χ0v) is 20.3. The zero-order valence-electron chi connectivity index (χ0n) is 18.7. The van der Waals surface area contributed by atoms with Gasteiger partial charge in [-0.05, 0) is 57.2 Å². The third kappa shape index (κ3) is 5.29. The molecule has 182 valence electrons. The number of aromatic nitrogens is 2. The van der Waals surface area contributed by atoms with Crippen LogP contribution >= 0.6 is 11.3 Å². The molecule has 0 amide bonds. The molecule has 1 aromatic carbocycles. The number of carboxylic acid groups (broad SMARTS) is 1. The fraction of sp³-hybridized carbons (Fsp3) is 0.409. The van der Waals surface area contributed by atoms with Crippen molar-refractivity contribution in [3.63, 3.8) is 0 Å². The van der Waals surface area contributed by atoms with Crippen LogP contribution in [0.1, 0.15) is 47.8 Å².